The number of anilines is 1. The van der Waals surface area contributed by atoms with Gasteiger partial charge in [-0.1, -0.05) is 65.7 Å². The van der Waals surface area contributed by atoms with Crippen LogP contribution in [0.2, 0.25) is 10.0 Å². The van der Waals surface area contributed by atoms with E-state index in [0.29, 0.717) is 21.5 Å². The van der Waals surface area contributed by atoms with Gasteiger partial charge in [-0.15, -0.1) is 0 Å². The number of halogens is 2. The van der Waals surface area contributed by atoms with Crippen LogP contribution in [-0.4, -0.2) is 19.3 Å². The summed E-state index contributed by atoms with van der Waals surface area (Å²) in [5.74, 6) is 0.378. The highest BCUT2D eigenvalue weighted by Crippen LogP contribution is 2.30. The summed E-state index contributed by atoms with van der Waals surface area (Å²) in [6.07, 6.45) is 1.73. The topological polar surface area (TPSA) is 97.4 Å². The van der Waals surface area contributed by atoms with Crippen LogP contribution < -0.4 is 14.8 Å². The average Bonchev–Trinajstić information content (AvgIpc) is 2.99. The summed E-state index contributed by atoms with van der Waals surface area (Å²) < 4.78 is 34.6. The van der Waals surface area contributed by atoms with E-state index in [2.05, 4.69) is 15.0 Å². The molecule has 0 bridgehead atoms. The molecule has 5 rings (SSSR count). The molecule has 0 fully saturated rings. The number of nitrogens with zero attached hydrogens (tertiary/aromatic N) is 1. The first-order chi connectivity index (χ1) is 19.8. The van der Waals surface area contributed by atoms with Crippen molar-refractivity contribution in [2.75, 3.05) is 4.72 Å². The van der Waals surface area contributed by atoms with Crippen LogP contribution in [0.15, 0.2) is 120 Å². The summed E-state index contributed by atoms with van der Waals surface area (Å²) in [7, 11) is -4.04. The van der Waals surface area contributed by atoms with Gasteiger partial charge in [0.05, 0.1) is 26.9 Å². The van der Waals surface area contributed by atoms with Crippen LogP contribution in [0.1, 0.15) is 15.9 Å². The predicted octanol–water partition coefficient (Wildman–Crippen LogP) is 7.58. The maximum atomic E-state index is 13.2. The van der Waals surface area contributed by atoms with E-state index in [1.54, 1.807) is 30.5 Å². The maximum absolute atomic E-state index is 13.2. The van der Waals surface area contributed by atoms with Crippen LogP contribution in [0.5, 0.6) is 11.5 Å². The Morgan fingerprint density at radius 3 is 2.27 bits per heavy atom. The molecule has 4 aromatic carbocycles. The van der Waals surface area contributed by atoms with E-state index in [1.165, 1.54) is 42.5 Å². The molecule has 0 spiro atoms. The molecule has 2 N–H and O–H groups in total. The van der Waals surface area contributed by atoms with Crippen molar-refractivity contribution in [3.63, 3.8) is 0 Å². The lowest BCUT2D eigenvalue weighted by atomic mass is 10.1. The number of hydrogen-bond acceptors (Lipinski definition) is 5. The van der Waals surface area contributed by atoms with Crippen molar-refractivity contribution in [1.82, 2.24) is 10.3 Å². The zero-order valence-electron chi connectivity index (χ0n) is 21.4. The van der Waals surface area contributed by atoms with Crippen molar-refractivity contribution < 1.29 is 17.9 Å². The minimum atomic E-state index is -4.04. The molecule has 7 nitrogen and oxygen atoms in total. The molecule has 5 aromatic rings. The molecular formula is C31H23Cl2N3O4S. The van der Waals surface area contributed by atoms with E-state index in [4.69, 9.17) is 27.9 Å². The van der Waals surface area contributed by atoms with Crippen LogP contribution in [0.25, 0.3) is 11.3 Å². The molecule has 0 saturated heterocycles. The number of amides is 1. The fourth-order valence-corrected chi connectivity index (χ4v) is 5.37. The zero-order valence-corrected chi connectivity index (χ0v) is 23.7. The largest absolute Gasteiger partial charge is 0.456 e. The van der Waals surface area contributed by atoms with E-state index < -0.39 is 15.9 Å². The average molecular weight is 605 g/mol. The Labute approximate surface area is 247 Å². The number of pyridine rings is 1. The van der Waals surface area contributed by atoms with Gasteiger partial charge < -0.3 is 10.1 Å². The predicted molar refractivity (Wildman–Crippen MR) is 161 cm³/mol. The van der Waals surface area contributed by atoms with E-state index in [1.807, 2.05) is 42.5 Å². The molecule has 0 aliphatic carbocycles. The van der Waals surface area contributed by atoms with E-state index in [9.17, 15) is 13.2 Å². The zero-order chi connectivity index (χ0) is 28.8. The van der Waals surface area contributed by atoms with Crippen LogP contribution in [0.3, 0.4) is 0 Å². The third-order valence-corrected chi connectivity index (χ3v) is 7.97. The lowest BCUT2D eigenvalue weighted by Crippen LogP contribution is -2.25. The fraction of sp³-hybridized carbons (Fsp3) is 0.0323. The summed E-state index contributed by atoms with van der Waals surface area (Å²) in [5, 5.41) is 3.55. The lowest BCUT2D eigenvalue weighted by molar-refractivity contribution is 0.0952. The summed E-state index contributed by atoms with van der Waals surface area (Å²) in [6.45, 7) is 0.229. The van der Waals surface area contributed by atoms with Gasteiger partial charge in [-0.25, -0.2) is 8.42 Å². The molecule has 0 aliphatic rings. The molecule has 1 heterocycles. The fourth-order valence-electron chi connectivity index (χ4n) is 3.94. The Morgan fingerprint density at radius 1 is 0.829 bits per heavy atom. The van der Waals surface area contributed by atoms with Crippen molar-refractivity contribution in [2.45, 2.75) is 11.4 Å². The number of carbonyl (C=O) groups is 1. The molecule has 0 aliphatic heterocycles. The molecule has 1 amide bonds. The highest BCUT2D eigenvalue weighted by molar-refractivity contribution is 7.92. The number of sulfonamides is 1. The number of ether oxygens (including phenoxy) is 1. The minimum Gasteiger partial charge on any atom is -0.456 e. The van der Waals surface area contributed by atoms with Gasteiger partial charge in [-0.05, 0) is 72.3 Å². The summed E-state index contributed by atoms with van der Waals surface area (Å²) in [4.78, 5) is 17.4. The number of carbonyl (C=O) groups excluding carboxylic acids is 1. The highest BCUT2D eigenvalue weighted by Gasteiger charge is 2.20. The minimum absolute atomic E-state index is 0.0155. The van der Waals surface area contributed by atoms with Crippen molar-refractivity contribution >= 4 is 44.8 Å². The quantitative estimate of drug-likeness (QED) is 0.181. The van der Waals surface area contributed by atoms with Gasteiger partial charge >= 0.3 is 0 Å². The molecule has 1 aromatic heterocycles. The monoisotopic (exact) mass is 603 g/mol. The second-order valence-corrected chi connectivity index (χ2v) is 11.4. The van der Waals surface area contributed by atoms with Crippen LogP contribution in [-0.2, 0) is 16.6 Å². The number of benzene rings is 4. The first kappa shape index (κ1) is 28.2. The first-order valence-electron chi connectivity index (χ1n) is 12.4. The molecule has 41 heavy (non-hydrogen) atoms. The maximum Gasteiger partial charge on any atom is 0.261 e. The molecule has 0 saturated carbocycles. The number of para-hydroxylation sites is 1. The van der Waals surface area contributed by atoms with Crippen LogP contribution in [0, 0.1) is 0 Å². The smallest absolute Gasteiger partial charge is 0.261 e. The van der Waals surface area contributed by atoms with E-state index in [0.717, 1.165) is 16.8 Å². The molecule has 206 valence electrons. The Hall–Kier alpha value is -4.37. The Morgan fingerprint density at radius 2 is 1.56 bits per heavy atom. The molecule has 0 atom stereocenters. The lowest BCUT2D eigenvalue weighted by Gasteiger charge is -2.14. The SMILES string of the molecule is O=C(NCc1ccc(-c2ccccn2)cc1)c1cc(Cl)ccc1NS(=O)(=O)c1ccc(Oc2ccccc2Cl)cc1. The van der Waals surface area contributed by atoms with Crippen LogP contribution in [0.4, 0.5) is 5.69 Å². The van der Waals surface area contributed by atoms with Gasteiger partial charge in [-0.2, -0.15) is 0 Å². The van der Waals surface area contributed by atoms with Gasteiger partial charge in [0.25, 0.3) is 15.9 Å². The van der Waals surface area contributed by atoms with Crippen molar-refractivity contribution in [3.05, 3.63) is 137 Å². The third kappa shape index (κ3) is 7.05. The van der Waals surface area contributed by atoms with Crippen molar-refractivity contribution in [3.8, 4) is 22.8 Å². The van der Waals surface area contributed by atoms with Crippen molar-refractivity contribution in [1.29, 1.82) is 0 Å². The Balaban J connectivity index is 1.27. The molecular weight excluding hydrogens is 581 g/mol. The molecule has 10 heteroatoms. The van der Waals surface area contributed by atoms with Gasteiger partial charge in [0.1, 0.15) is 11.5 Å². The second-order valence-electron chi connectivity index (χ2n) is 8.89. The van der Waals surface area contributed by atoms with Crippen molar-refractivity contribution in [2.24, 2.45) is 0 Å². The van der Waals surface area contributed by atoms with Gasteiger partial charge in [0.2, 0.25) is 0 Å². The molecule has 0 radical (unpaired) electrons. The Kier molecular flexibility index (Phi) is 8.54. The number of rotatable bonds is 9. The van der Waals surface area contributed by atoms with Gasteiger partial charge in [-0.3, -0.25) is 14.5 Å². The normalized spacial score (nSPS) is 11.1. The van der Waals surface area contributed by atoms with Crippen LogP contribution >= 0.6 is 23.2 Å². The number of nitrogens with one attached hydrogen (secondary N) is 2. The Bertz CT molecular complexity index is 1780. The number of hydrogen-bond donors (Lipinski definition) is 2. The third-order valence-electron chi connectivity index (χ3n) is 6.04. The van der Waals surface area contributed by atoms with E-state index in [-0.39, 0.29) is 22.7 Å². The summed E-state index contributed by atoms with van der Waals surface area (Å²) in [5.41, 5.74) is 2.84. The number of aromatic nitrogens is 1. The van der Waals surface area contributed by atoms with Gasteiger partial charge in [0, 0.05) is 23.3 Å². The van der Waals surface area contributed by atoms with E-state index >= 15 is 0 Å². The summed E-state index contributed by atoms with van der Waals surface area (Å²) in [6, 6.07) is 30.5. The second kappa shape index (κ2) is 12.4. The summed E-state index contributed by atoms with van der Waals surface area (Å²) >= 11 is 12.3. The first-order valence-corrected chi connectivity index (χ1v) is 14.7. The standard InChI is InChI=1S/C31H23Cl2N3O4S/c32-23-12-17-29(36-41(38,39)25-15-13-24(14-16-25)40-30-7-2-1-5-27(30)33)26(19-23)31(37)35-20-21-8-10-22(11-9-21)28-6-3-4-18-34-28/h1-19,36H,20H2,(H,35,37). The highest BCUT2D eigenvalue weighted by atomic mass is 35.5. The van der Waals surface area contributed by atoms with Gasteiger partial charge in [0.15, 0.2) is 0 Å². The molecule has 0 unspecified atom stereocenters.